The quantitative estimate of drug-likeness (QED) is 0.403. The zero-order valence-electron chi connectivity index (χ0n) is 17.0. The van der Waals surface area contributed by atoms with Crippen molar-refractivity contribution in [1.29, 1.82) is 0 Å². The molecular weight excluding hydrogens is 398 g/mol. The fourth-order valence-electron chi connectivity index (χ4n) is 3.13. The lowest BCUT2D eigenvalue weighted by Crippen LogP contribution is -2.23. The van der Waals surface area contributed by atoms with Gasteiger partial charge < -0.3 is 9.47 Å². The van der Waals surface area contributed by atoms with Gasteiger partial charge in [-0.25, -0.2) is 0 Å². The Morgan fingerprint density at radius 1 is 1.10 bits per heavy atom. The van der Waals surface area contributed by atoms with E-state index in [4.69, 9.17) is 9.47 Å². The van der Waals surface area contributed by atoms with E-state index in [1.165, 1.54) is 28.7 Å². The van der Waals surface area contributed by atoms with Crippen molar-refractivity contribution < 1.29 is 9.47 Å². The van der Waals surface area contributed by atoms with E-state index in [-0.39, 0.29) is 5.56 Å². The van der Waals surface area contributed by atoms with Crippen LogP contribution >= 0.6 is 11.3 Å². The molecule has 0 spiro atoms. The molecule has 4 aromatic rings. The molecule has 2 heterocycles. The summed E-state index contributed by atoms with van der Waals surface area (Å²) in [6.45, 7) is 2.89. The van der Waals surface area contributed by atoms with Crippen molar-refractivity contribution in [3.8, 4) is 22.9 Å². The highest BCUT2D eigenvalue weighted by Gasteiger charge is 2.12. The van der Waals surface area contributed by atoms with Crippen LogP contribution in [-0.2, 0) is 0 Å². The standard InChI is InChI=1S/C23H23N3O3S/c1-3-4-7-14-29-18-12-10-16(11-13-18)21-24-23-26(25-21)22(27)20(30-23)15-17-8-5-6-9-19(17)28-2/h5-6,8-13,15H,3-4,7,14H2,1-2H3/b20-15-. The summed E-state index contributed by atoms with van der Waals surface area (Å²) in [7, 11) is 1.61. The molecule has 0 atom stereocenters. The SMILES string of the molecule is CCCCCOc1ccc(-c2nc3s/c(=C\c4ccccc4OC)c(=O)n3n2)cc1. The van der Waals surface area contributed by atoms with Gasteiger partial charge in [0.2, 0.25) is 4.96 Å². The Morgan fingerprint density at radius 2 is 1.90 bits per heavy atom. The summed E-state index contributed by atoms with van der Waals surface area (Å²) >= 11 is 1.31. The molecule has 4 rings (SSSR count). The zero-order chi connectivity index (χ0) is 20.9. The van der Waals surface area contributed by atoms with Crippen LogP contribution in [0.15, 0.2) is 53.3 Å². The maximum Gasteiger partial charge on any atom is 0.291 e. The number of unbranched alkanes of at least 4 members (excludes halogenated alkanes) is 2. The van der Waals surface area contributed by atoms with Gasteiger partial charge in [-0.3, -0.25) is 4.79 Å². The topological polar surface area (TPSA) is 65.7 Å². The van der Waals surface area contributed by atoms with Crippen LogP contribution in [0.25, 0.3) is 22.4 Å². The van der Waals surface area contributed by atoms with Crippen LogP contribution in [0.5, 0.6) is 11.5 Å². The van der Waals surface area contributed by atoms with Gasteiger partial charge in [-0.15, -0.1) is 5.10 Å². The maximum atomic E-state index is 12.8. The summed E-state index contributed by atoms with van der Waals surface area (Å²) in [6.07, 6.45) is 5.21. The third-order valence-corrected chi connectivity index (χ3v) is 5.70. The first-order valence-corrected chi connectivity index (χ1v) is 10.8. The molecule has 0 saturated carbocycles. The van der Waals surface area contributed by atoms with E-state index in [1.807, 2.05) is 54.6 Å². The number of hydrogen-bond donors (Lipinski definition) is 0. The predicted octanol–water partition coefficient (Wildman–Crippen LogP) is 3.94. The molecule has 2 aromatic heterocycles. The number of aromatic nitrogens is 3. The summed E-state index contributed by atoms with van der Waals surface area (Å²) in [5.74, 6) is 2.07. The summed E-state index contributed by atoms with van der Waals surface area (Å²) in [4.78, 5) is 17.9. The Labute approximate surface area is 178 Å². The number of thiazole rings is 1. The van der Waals surface area contributed by atoms with Gasteiger partial charge in [0.15, 0.2) is 5.82 Å². The van der Waals surface area contributed by atoms with Crippen LogP contribution in [0.2, 0.25) is 0 Å². The first-order valence-electron chi connectivity index (χ1n) is 9.97. The first kappa shape index (κ1) is 20.1. The third-order valence-electron chi connectivity index (χ3n) is 4.74. The van der Waals surface area contributed by atoms with Crippen molar-refractivity contribution >= 4 is 22.4 Å². The average Bonchev–Trinajstić information content (AvgIpc) is 3.31. The molecule has 6 nitrogen and oxygen atoms in total. The minimum absolute atomic E-state index is 0.185. The lowest BCUT2D eigenvalue weighted by molar-refractivity contribution is 0.306. The molecule has 0 aliphatic rings. The summed E-state index contributed by atoms with van der Waals surface area (Å²) in [6, 6.07) is 15.2. The minimum Gasteiger partial charge on any atom is -0.496 e. The van der Waals surface area contributed by atoms with Gasteiger partial charge in [-0.05, 0) is 42.8 Å². The molecule has 0 fully saturated rings. The minimum atomic E-state index is -0.185. The Hall–Kier alpha value is -3.19. The maximum absolute atomic E-state index is 12.8. The van der Waals surface area contributed by atoms with Crippen LogP contribution in [0.1, 0.15) is 31.7 Å². The monoisotopic (exact) mass is 421 g/mol. The van der Waals surface area contributed by atoms with E-state index in [1.54, 1.807) is 7.11 Å². The number of nitrogens with zero attached hydrogens (tertiary/aromatic N) is 3. The molecule has 0 aliphatic carbocycles. The number of fused-ring (bicyclic) bond motifs is 1. The van der Waals surface area contributed by atoms with E-state index in [0.29, 0.717) is 21.1 Å². The fraction of sp³-hybridized carbons (Fsp3) is 0.261. The van der Waals surface area contributed by atoms with Crippen molar-refractivity contribution in [2.75, 3.05) is 13.7 Å². The number of rotatable bonds is 8. The van der Waals surface area contributed by atoms with Crippen molar-refractivity contribution in [3.63, 3.8) is 0 Å². The van der Waals surface area contributed by atoms with Crippen LogP contribution in [-0.4, -0.2) is 28.3 Å². The first-order chi connectivity index (χ1) is 14.7. The van der Waals surface area contributed by atoms with Crippen LogP contribution < -0.4 is 19.6 Å². The highest BCUT2D eigenvalue weighted by Crippen LogP contribution is 2.21. The Bertz CT molecular complexity index is 1250. The molecule has 154 valence electrons. The van der Waals surface area contributed by atoms with Crippen LogP contribution in [0.3, 0.4) is 0 Å². The van der Waals surface area contributed by atoms with Crippen molar-refractivity contribution in [3.05, 3.63) is 69.0 Å². The number of ether oxygens (including phenoxy) is 2. The third kappa shape index (κ3) is 4.21. The number of hydrogen-bond acceptors (Lipinski definition) is 6. The molecular formula is C23H23N3O3S. The molecule has 0 amide bonds. The van der Waals surface area contributed by atoms with Crippen molar-refractivity contribution in [2.45, 2.75) is 26.2 Å². The summed E-state index contributed by atoms with van der Waals surface area (Å²) < 4.78 is 13.0. The zero-order valence-corrected chi connectivity index (χ0v) is 17.8. The van der Waals surface area contributed by atoms with E-state index in [0.717, 1.165) is 29.9 Å². The van der Waals surface area contributed by atoms with E-state index < -0.39 is 0 Å². The Balaban J connectivity index is 1.58. The van der Waals surface area contributed by atoms with Gasteiger partial charge in [0, 0.05) is 11.1 Å². The average molecular weight is 422 g/mol. The smallest absolute Gasteiger partial charge is 0.291 e. The van der Waals surface area contributed by atoms with Gasteiger partial charge in [0.05, 0.1) is 18.2 Å². The molecule has 0 aliphatic heterocycles. The van der Waals surface area contributed by atoms with Gasteiger partial charge in [-0.2, -0.15) is 9.50 Å². The molecule has 2 aromatic carbocycles. The van der Waals surface area contributed by atoms with Crippen molar-refractivity contribution in [2.24, 2.45) is 0 Å². The van der Waals surface area contributed by atoms with E-state index in [9.17, 15) is 4.79 Å². The van der Waals surface area contributed by atoms with Crippen LogP contribution in [0.4, 0.5) is 0 Å². The largest absolute Gasteiger partial charge is 0.496 e. The summed E-state index contributed by atoms with van der Waals surface area (Å²) in [5.41, 5.74) is 1.51. The highest BCUT2D eigenvalue weighted by atomic mass is 32.1. The lowest BCUT2D eigenvalue weighted by atomic mass is 10.2. The molecule has 0 bridgehead atoms. The van der Waals surface area contributed by atoms with Gasteiger partial charge in [0.1, 0.15) is 11.5 Å². The number of para-hydroxylation sites is 1. The second-order valence-corrected chi connectivity index (χ2v) is 7.88. The Kier molecular flexibility index (Phi) is 6.09. The predicted molar refractivity (Wildman–Crippen MR) is 119 cm³/mol. The number of benzene rings is 2. The van der Waals surface area contributed by atoms with Gasteiger partial charge in [0.25, 0.3) is 5.56 Å². The van der Waals surface area contributed by atoms with Crippen molar-refractivity contribution in [1.82, 2.24) is 14.6 Å². The normalized spacial score (nSPS) is 11.9. The van der Waals surface area contributed by atoms with Gasteiger partial charge in [-0.1, -0.05) is 49.3 Å². The van der Waals surface area contributed by atoms with E-state index >= 15 is 0 Å². The summed E-state index contributed by atoms with van der Waals surface area (Å²) in [5, 5.41) is 4.41. The van der Waals surface area contributed by atoms with Gasteiger partial charge >= 0.3 is 0 Å². The fourth-order valence-corrected chi connectivity index (χ4v) is 4.02. The molecule has 30 heavy (non-hydrogen) atoms. The molecule has 0 radical (unpaired) electrons. The molecule has 0 unspecified atom stereocenters. The Morgan fingerprint density at radius 3 is 2.63 bits per heavy atom. The van der Waals surface area contributed by atoms with Crippen LogP contribution in [0, 0.1) is 0 Å². The van der Waals surface area contributed by atoms with E-state index in [2.05, 4.69) is 17.0 Å². The molecule has 0 N–H and O–H groups in total. The highest BCUT2D eigenvalue weighted by molar-refractivity contribution is 7.15. The number of methoxy groups -OCH3 is 1. The lowest BCUT2D eigenvalue weighted by Gasteiger charge is -2.05. The second-order valence-electron chi connectivity index (χ2n) is 6.87. The molecule has 0 saturated heterocycles. The molecule has 7 heteroatoms. The second kappa shape index (κ2) is 9.09.